The van der Waals surface area contributed by atoms with Crippen LogP contribution in [0.5, 0.6) is 0 Å². The summed E-state index contributed by atoms with van der Waals surface area (Å²) in [5.74, 6) is -1.56. The van der Waals surface area contributed by atoms with E-state index in [2.05, 4.69) is 34.9 Å². The van der Waals surface area contributed by atoms with Gasteiger partial charge in [0.1, 0.15) is 6.61 Å². The van der Waals surface area contributed by atoms with E-state index < -0.39 is 18.0 Å². The number of carboxylic acid groups (broad SMARTS) is 1. The maximum absolute atomic E-state index is 12.5. The molecule has 0 aromatic heterocycles. The minimum absolute atomic E-state index is 0.0223. The summed E-state index contributed by atoms with van der Waals surface area (Å²) in [4.78, 5) is 35.8. The number of aliphatic carboxylic acids is 1. The van der Waals surface area contributed by atoms with Crippen LogP contribution in [0.4, 0.5) is 4.79 Å². The van der Waals surface area contributed by atoms with Gasteiger partial charge in [-0.25, -0.2) is 4.79 Å². The van der Waals surface area contributed by atoms with Gasteiger partial charge in [0.15, 0.2) is 0 Å². The second kappa shape index (κ2) is 10.7. The Kier molecular flexibility index (Phi) is 7.50. The lowest BCUT2D eigenvalue weighted by atomic mass is 9.81. The zero-order valence-corrected chi connectivity index (χ0v) is 19.5. The normalized spacial score (nSPS) is 20.0. The molecule has 2 amide bonds. The van der Waals surface area contributed by atoms with Crippen molar-refractivity contribution in [2.75, 3.05) is 19.7 Å². The van der Waals surface area contributed by atoms with Crippen molar-refractivity contribution in [2.24, 2.45) is 17.8 Å². The number of alkyl carbamates (subject to hydrolysis) is 1. The van der Waals surface area contributed by atoms with Gasteiger partial charge in [0, 0.05) is 24.9 Å². The van der Waals surface area contributed by atoms with Crippen LogP contribution < -0.4 is 10.6 Å². The molecule has 0 saturated heterocycles. The van der Waals surface area contributed by atoms with Crippen molar-refractivity contribution in [3.8, 4) is 11.1 Å². The molecule has 3 unspecified atom stereocenters. The molecule has 0 radical (unpaired) electrons. The lowest BCUT2D eigenvalue weighted by Crippen LogP contribution is -2.39. The molecular weight excluding hydrogens is 432 g/mol. The van der Waals surface area contributed by atoms with Crippen LogP contribution in [0.2, 0.25) is 0 Å². The van der Waals surface area contributed by atoms with Crippen LogP contribution in [-0.4, -0.2) is 42.8 Å². The van der Waals surface area contributed by atoms with Crippen LogP contribution in [0.25, 0.3) is 11.1 Å². The zero-order chi connectivity index (χ0) is 24.1. The molecule has 180 valence electrons. The lowest BCUT2D eigenvalue weighted by molar-refractivity contribution is -0.141. The summed E-state index contributed by atoms with van der Waals surface area (Å²) in [5, 5.41) is 14.6. The van der Waals surface area contributed by atoms with Crippen LogP contribution in [0.15, 0.2) is 48.5 Å². The highest BCUT2D eigenvalue weighted by Gasteiger charge is 2.30. The number of amides is 2. The molecule has 2 aromatic rings. The van der Waals surface area contributed by atoms with Crippen molar-refractivity contribution in [1.29, 1.82) is 0 Å². The van der Waals surface area contributed by atoms with E-state index in [1.54, 1.807) is 6.92 Å². The lowest BCUT2D eigenvalue weighted by Gasteiger charge is -2.28. The maximum Gasteiger partial charge on any atom is 0.407 e. The molecule has 7 heteroatoms. The molecule has 3 atom stereocenters. The largest absolute Gasteiger partial charge is 0.481 e. The average molecular weight is 465 g/mol. The van der Waals surface area contributed by atoms with Crippen molar-refractivity contribution in [3.63, 3.8) is 0 Å². The number of carboxylic acids is 1. The SMILES string of the molecule is CC(CNC(=O)C1CCCC(CNC(=O)OCC2c3ccccc3-c3ccccc32)C1)C(=O)O. The standard InChI is InChI=1S/C27H32N2O5/c1-17(26(31)32)14-28-25(30)19-8-6-7-18(13-19)15-29-27(33)34-16-24-22-11-4-2-9-20(22)21-10-3-5-12-23(21)24/h2-5,9-12,17-19,24H,6-8,13-16H2,1H3,(H,28,30)(H,29,33)(H,31,32). The first kappa shape index (κ1) is 23.8. The van der Waals surface area contributed by atoms with E-state index in [0.29, 0.717) is 13.0 Å². The van der Waals surface area contributed by atoms with Crippen LogP contribution >= 0.6 is 0 Å². The van der Waals surface area contributed by atoms with Gasteiger partial charge in [-0.05, 0) is 47.4 Å². The molecule has 0 bridgehead atoms. The van der Waals surface area contributed by atoms with Crippen LogP contribution in [0, 0.1) is 17.8 Å². The Morgan fingerprint density at radius 3 is 2.29 bits per heavy atom. The highest BCUT2D eigenvalue weighted by Crippen LogP contribution is 2.44. The molecule has 2 aliphatic rings. The Hall–Kier alpha value is -3.35. The van der Waals surface area contributed by atoms with Gasteiger partial charge in [-0.2, -0.15) is 0 Å². The smallest absolute Gasteiger partial charge is 0.407 e. The molecule has 4 rings (SSSR count). The third-order valence-electron chi connectivity index (χ3n) is 7.04. The number of ether oxygens (including phenoxy) is 1. The van der Waals surface area contributed by atoms with E-state index in [0.717, 1.165) is 19.3 Å². The summed E-state index contributed by atoms with van der Waals surface area (Å²) in [7, 11) is 0. The number of benzene rings is 2. The number of hydrogen-bond donors (Lipinski definition) is 3. The van der Waals surface area contributed by atoms with Crippen molar-refractivity contribution in [2.45, 2.75) is 38.5 Å². The van der Waals surface area contributed by atoms with Crippen molar-refractivity contribution >= 4 is 18.0 Å². The van der Waals surface area contributed by atoms with E-state index in [1.165, 1.54) is 22.3 Å². The number of nitrogens with one attached hydrogen (secondary N) is 2. The predicted molar refractivity (Wildman–Crippen MR) is 128 cm³/mol. The third-order valence-corrected chi connectivity index (χ3v) is 7.04. The Balaban J connectivity index is 1.25. The topological polar surface area (TPSA) is 105 Å². The minimum Gasteiger partial charge on any atom is -0.481 e. The summed E-state index contributed by atoms with van der Waals surface area (Å²) in [6.45, 7) is 2.45. The molecule has 1 saturated carbocycles. The summed E-state index contributed by atoms with van der Waals surface area (Å²) in [6, 6.07) is 16.5. The second-order valence-electron chi connectivity index (χ2n) is 9.42. The van der Waals surface area contributed by atoms with E-state index >= 15 is 0 Å². The summed E-state index contributed by atoms with van der Waals surface area (Å²) < 4.78 is 5.61. The van der Waals surface area contributed by atoms with Crippen LogP contribution in [0.1, 0.15) is 49.7 Å². The molecule has 1 fully saturated rings. The number of carbonyl (C=O) groups is 3. The van der Waals surface area contributed by atoms with Gasteiger partial charge < -0.3 is 20.5 Å². The van der Waals surface area contributed by atoms with Crippen molar-refractivity contribution < 1.29 is 24.2 Å². The number of carbonyl (C=O) groups excluding carboxylic acids is 2. The van der Waals surface area contributed by atoms with Gasteiger partial charge >= 0.3 is 12.1 Å². The summed E-state index contributed by atoms with van der Waals surface area (Å²) in [6.07, 6.45) is 2.87. The van der Waals surface area contributed by atoms with Crippen LogP contribution in [0.3, 0.4) is 0 Å². The van der Waals surface area contributed by atoms with E-state index in [4.69, 9.17) is 9.84 Å². The van der Waals surface area contributed by atoms with Crippen molar-refractivity contribution in [3.05, 3.63) is 59.7 Å². The first-order valence-electron chi connectivity index (χ1n) is 12.0. The van der Waals surface area contributed by atoms with Crippen LogP contribution in [-0.2, 0) is 14.3 Å². The quantitative estimate of drug-likeness (QED) is 0.544. The fourth-order valence-corrected chi connectivity index (χ4v) is 5.08. The molecular formula is C27H32N2O5. The highest BCUT2D eigenvalue weighted by molar-refractivity contribution is 5.80. The predicted octanol–water partition coefficient (Wildman–Crippen LogP) is 4.17. The number of fused-ring (bicyclic) bond motifs is 3. The Morgan fingerprint density at radius 1 is 1.00 bits per heavy atom. The molecule has 3 N–H and O–H groups in total. The highest BCUT2D eigenvalue weighted by atomic mass is 16.5. The third kappa shape index (κ3) is 5.41. The molecule has 2 aromatic carbocycles. The molecule has 0 aliphatic heterocycles. The van der Waals surface area contributed by atoms with E-state index in [-0.39, 0.29) is 36.8 Å². The van der Waals surface area contributed by atoms with Gasteiger partial charge in [0.2, 0.25) is 5.91 Å². The maximum atomic E-state index is 12.5. The fourth-order valence-electron chi connectivity index (χ4n) is 5.08. The Labute approximate surface area is 199 Å². The molecule has 34 heavy (non-hydrogen) atoms. The zero-order valence-electron chi connectivity index (χ0n) is 19.5. The van der Waals surface area contributed by atoms with Gasteiger partial charge in [-0.3, -0.25) is 9.59 Å². The monoisotopic (exact) mass is 464 g/mol. The number of rotatable bonds is 8. The molecule has 7 nitrogen and oxygen atoms in total. The van der Waals surface area contributed by atoms with Gasteiger partial charge in [-0.15, -0.1) is 0 Å². The average Bonchev–Trinajstić information content (AvgIpc) is 3.18. The first-order chi connectivity index (χ1) is 16.4. The molecule has 0 heterocycles. The van der Waals surface area contributed by atoms with E-state index in [9.17, 15) is 14.4 Å². The second-order valence-corrected chi connectivity index (χ2v) is 9.42. The number of hydrogen-bond acceptors (Lipinski definition) is 4. The Morgan fingerprint density at radius 2 is 1.65 bits per heavy atom. The summed E-state index contributed by atoms with van der Waals surface area (Å²) in [5.41, 5.74) is 4.73. The first-order valence-corrected chi connectivity index (χ1v) is 12.0. The van der Waals surface area contributed by atoms with Gasteiger partial charge in [0.25, 0.3) is 0 Å². The molecule has 0 spiro atoms. The minimum atomic E-state index is -0.922. The Bertz CT molecular complexity index is 1010. The fraction of sp³-hybridized carbons (Fsp3) is 0.444. The van der Waals surface area contributed by atoms with Gasteiger partial charge in [0.05, 0.1) is 5.92 Å². The van der Waals surface area contributed by atoms with E-state index in [1.807, 2.05) is 24.3 Å². The molecule has 2 aliphatic carbocycles. The van der Waals surface area contributed by atoms with Crippen molar-refractivity contribution in [1.82, 2.24) is 10.6 Å². The van der Waals surface area contributed by atoms with Gasteiger partial charge in [-0.1, -0.05) is 61.9 Å². The summed E-state index contributed by atoms with van der Waals surface area (Å²) >= 11 is 0.